The Morgan fingerprint density at radius 3 is 2.61 bits per heavy atom. The fourth-order valence-electron chi connectivity index (χ4n) is 2.26. The number of aliphatic hydroxyl groups is 1. The van der Waals surface area contributed by atoms with Crippen LogP contribution in [-0.2, 0) is 0 Å². The van der Waals surface area contributed by atoms with Crippen molar-refractivity contribution in [2.24, 2.45) is 11.8 Å². The van der Waals surface area contributed by atoms with Gasteiger partial charge in [-0.3, -0.25) is 0 Å². The average molecular weight is 274 g/mol. The van der Waals surface area contributed by atoms with Crippen LogP contribution < -0.4 is 5.32 Å². The van der Waals surface area contributed by atoms with Gasteiger partial charge < -0.3 is 15.3 Å². The summed E-state index contributed by atoms with van der Waals surface area (Å²) < 4.78 is 0. The van der Waals surface area contributed by atoms with Crippen LogP contribution >= 0.6 is 11.8 Å². The summed E-state index contributed by atoms with van der Waals surface area (Å²) in [6.45, 7) is 6.94. The number of hydrogen-bond donors (Lipinski definition) is 2. The highest BCUT2D eigenvalue weighted by atomic mass is 32.2. The average Bonchev–Trinajstić information content (AvgIpc) is 2.36. The monoisotopic (exact) mass is 274 g/mol. The zero-order valence-electron chi connectivity index (χ0n) is 11.5. The van der Waals surface area contributed by atoms with Crippen LogP contribution in [-0.4, -0.2) is 53.8 Å². The minimum Gasteiger partial charge on any atom is -0.396 e. The van der Waals surface area contributed by atoms with E-state index in [2.05, 4.69) is 19.2 Å². The van der Waals surface area contributed by atoms with Gasteiger partial charge in [-0.05, 0) is 24.7 Å². The molecule has 0 aromatic carbocycles. The summed E-state index contributed by atoms with van der Waals surface area (Å²) in [4.78, 5) is 13.8. The van der Waals surface area contributed by atoms with Crippen LogP contribution in [0.15, 0.2) is 0 Å². The van der Waals surface area contributed by atoms with Crippen LogP contribution in [0.4, 0.5) is 4.79 Å². The zero-order valence-corrected chi connectivity index (χ0v) is 12.3. The van der Waals surface area contributed by atoms with Gasteiger partial charge in [0.1, 0.15) is 0 Å². The van der Waals surface area contributed by atoms with Crippen molar-refractivity contribution in [3.63, 3.8) is 0 Å². The van der Waals surface area contributed by atoms with Crippen LogP contribution in [0, 0.1) is 11.8 Å². The maximum atomic E-state index is 11.9. The van der Waals surface area contributed by atoms with Crippen molar-refractivity contribution in [1.82, 2.24) is 10.2 Å². The first-order valence-electron chi connectivity index (χ1n) is 6.85. The Balaban J connectivity index is 2.28. The molecule has 106 valence electrons. The molecule has 0 unspecified atom stereocenters. The first-order valence-corrected chi connectivity index (χ1v) is 8.00. The molecule has 1 aliphatic heterocycles. The summed E-state index contributed by atoms with van der Waals surface area (Å²) in [5, 5.41) is 12.0. The fraction of sp³-hybridized carbons (Fsp3) is 0.923. The van der Waals surface area contributed by atoms with Crippen molar-refractivity contribution >= 4 is 17.8 Å². The fourth-order valence-corrected chi connectivity index (χ4v) is 3.17. The molecule has 5 heteroatoms. The van der Waals surface area contributed by atoms with E-state index in [1.807, 2.05) is 16.7 Å². The minimum atomic E-state index is 0.0574. The van der Waals surface area contributed by atoms with E-state index in [1.54, 1.807) is 0 Å². The number of hydrogen-bond acceptors (Lipinski definition) is 3. The van der Waals surface area contributed by atoms with Crippen molar-refractivity contribution in [3.05, 3.63) is 0 Å². The third-order valence-corrected chi connectivity index (χ3v) is 4.12. The predicted molar refractivity (Wildman–Crippen MR) is 76.9 cm³/mol. The van der Waals surface area contributed by atoms with E-state index in [0.29, 0.717) is 18.4 Å². The summed E-state index contributed by atoms with van der Waals surface area (Å²) in [6, 6.07) is 0.0574. The number of rotatable bonds is 6. The number of nitrogens with one attached hydrogen (secondary N) is 1. The summed E-state index contributed by atoms with van der Waals surface area (Å²) in [5.74, 6) is 3.07. The lowest BCUT2D eigenvalue weighted by molar-refractivity contribution is 0.195. The smallest absolute Gasteiger partial charge is 0.317 e. The van der Waals surface area contributed by atoms with Gasteiger partial charge in [0, 0.05) is 37.7 Å². The molecule has 0 aromatic heterocycles. The molecule has 0 aliphatic carbocycles. The van der Waals surface area contributed by atoms with Gasteiger partial charge in [0.05, 0.1) is 0 Å². The van der Waals surface area contributed by atoms with Crippen molar-refractivity contribution in [1.29, 1.82) is 0 Å². The molecule has 0 bridgehead atoms. The second-order valence-electron chi connectivity index (χ2n) is 5.29. The Bertz CT molecular complexity index is 243. The maximum Gasteiger partial charge on any atom is 0.317 e. The van der Waals surface area contributed by atoms with E-state index in [1.165, 1.54) is 0 Å². The van der Waals surface area contributed by atoms with Gasteiger partial charge >= 0.3 is 6.03 Å². The molecular formula is C13H26N2O2S. The molecular weight excluding hydrogens is 248 g/mol. The van der Waals surface area contributed by atoms with Crippen molar-refractivity contribution in [3.8, 4) is 0 Å². The van der Waals surface area contributed by atoms with Gasteiger partial charge in [0.2, 0.25) is 0 Å². The van der Waals surface area contributed by atoms with Crippen LogP contribution in [0.5, 0.6) is 0 Å². The molecule has 1 fully saturated rings. The van der Waals surface area contributed by atoms with Crippen molar-refractivity contribution in [2.45, 2.75) is 26.7 Å². The van der Waals surface area contributed by atoms with E-state index < -0.39 is 0 Å². The summed E-state index contributed by atoms with van der Waals surface area (Å²) in [6.07, 6.45) is 1.82. The number of thioether (sulfide) groups is 1. The summed E-state index contributed by atoms with van der Waals surface area (Å²) >= 11 is 1.90. The quantitative estimate of drug-likeness (QED) is 0.776. The second kappa shape index (κ2) is 8.64. The molecule has 1 atom stereocenters. The molecule has 0 spiro atoms. The summed E-state index contributed by atoms with van der Waals surface area (Å²) in [5.41, 5.74) is 0. The van der Waals surface area contributed by atoms with Crippen LogP contribution in [0.1, 0.15) is 26.7 Å². The van der Waals surface area contributed by atoms with Gasteiger partial charge in [-0.2, -0.15) is 11.8 Å². The highest BCUT2D eigenvalue weighted by Crippen LogP contribution is 2.15. The normalized spacial score (nSPS) is 17.9. The van der Waals surface area contributed by atoms with Crippen LogP contribution in [0.2, 0.25) is 0 Å². The van der Waals surface area contributed by atoms with E-state index in [-0.39, 0.29) is 12.6 Å². The van der Waals surface area contributed by atoms with Gasteiger partial charge in [-0.25, -0.2) is 4.79 Å². The number of carbonyl (C=O) groups excluding carboxylic acids is 1. The van der Waals surface area contributed by atoms with Gasteiger partial charge in [0.15, 0.2) is 0 Å². The second-order valence-corrected chi connectivity index (χ2v) is 6.52. The first-order chi connectivity index (χ1) is 8.63. The van der Waals surface area contributed by atoms with Crippen LogP contribution in [0.25, 0.3) is 0 Å². The molecule has 1 aliphatic rings. The molecule has 0 saturated carbocycles. The molecule has 4 nitrogen and oxygen atoms in total. The lowest BCUT2D eigenvalue weighted by atomic mass is 9.94. The standard InChI is InChI=1S/C13H26N2O2S/c1-11(2)9-12(3-6-16)10-14-13(17)15-4-7-18-8-5-15/h11-12,16H,3-10H2,1-2H3,(H,14,17)/t12-/m1/s1. The molecule has 18 heavy (non-hydrogen) atoms. The van der Waals surface area contributed by atoms with Crippen LogP contribution in [0.3, 0.4) is 0 Å². The predicted octanol–water partition coefficient (Wildman–Crippen LogP) is 1.79. The molecule has 0 radical (unpaired) electrons. The molecule has 1 heterocycles. The molecule has 1 rings (SSSR count). The number of urea groups is 1. The van der Waals surface area contributed by atoms with Gasteiger partial charge in [-0.1, -0.05) is 13.8 Å². The van der Waals surface area contributed by atoms with Crippen molar-refractivity contribution in [2.75, 3.05) is 37.7 Å². The highest BCUT2D eigenvalue weighted by molar-refractivity contribution is 7.99. The number of carbonyl (C=O) groups is 1. The third kappa shape index (κ3) is 5.96. The largest absolute Gasteiger partial charge is 0.396 e. The first kappa shape index (κ1) is 15.6. The van der Waals surface area contributed by atoms with Crippen molar-refractivity contribution < 1.29 is 9.90 Å². The van der Waals surface area contributed by atoms with Gasteiger partial charge in [0.25, 0.3) is 0 Å². The van der Waals surface area contributed by atoms with E-state index >= 15 is 0 Å². The van der Waals surface area contributed by atoms with Gasteiger partial charge in [-0.15, -0.1) is 0 Å². The van der Waals surface area contributed by atoms with E-state index in [4.69, 9.17) is 5.11 Å². The molecule has 2 amide bonds. The summed E-state index contributed by atoms with van der Waals surface area (Å²) in [7, 11) is 0. The Kier molecular flexibility index (Phi) is 7.51. The Morgan fingerprint density at radius 1 is 1.39 bits per heavy atom. The van der Waals surface area contributed by atoms with E-state index in [9.17, 15) is 4.79 Å². The SMILES string of the molecule is CC(C)C[C@@H](CCO)CNC(=O)N1CCSCC1. The number of nitrogens with zero attached hydrogens (tertiary/aromatic N) is 1. The zero-order chi connectivity index (χ0) is 13.4. The topological polar surface area (TPSA) is 52.6 Å². The molecule has 0 aromatic rings. The third-order valence-electron chi connectivity index (χ3n) is 3.18. The Labute approximate surface area is 115 Å². The maximum absolute atomic E-state index is 11.9. The molecule has 1 saturated heterocycles. The number of amides is 2. The van der Waals surface area contributed by atoms with E-state index in [0.717, 1.165) is 37.4 Å². The Morgan fingerprint density at radius 2 is 2.06 bits per heavy atom. The minimum absolute atomic E-state index is 0.0574. The Hall–Kier alpha value is -0.420. The highest BCUT2D eigenvalue weighted by Gasteiger charge is 2.18. The lowest BCUT2D eigenvalue weighted by Gasteiger charge is -2.28. The lowest BCUT2D eigenvalue weighted by Crippen LogP contribution is -2.45. The molecule has 2 N–H and O–H groups in total. The number of aliphatic hydroxyl groups excluding tert-OH is 1.